The highest BCUT2D eigenvalue weighted by Gasteiger charge is 2.14. The Balaban J connectivity index is 2.26. The normalized spacial score (nSPS) is 10.9. The summed E-state index contributed by atoms with van der Waals surface area (Å²) in [6, 6.07) is 11.8. The number of nitrogens with two attached hydrogens (primary N) is 1. The summed E-state index contributed by atoms with van der Waals surface area (Å²) in [6.45, 7) is 0. The van der Waals surface area contributed by atoms with Gasteiger partial charge in [-0.3, -0.25) is 10.0 Å². The van der Waals surface area contributed by atoms with Gasteiger partial charge in [-0.15, -0.1) is 0 Å². The molecular formula is C13H13N3O4S. The standard InChI is InChI=1S/C13H13N3O4S/c14-9-3-1-6-12(7-9)21(19,20)16-11-5-2-4-10(8-11)15-13(17)18/h1-8,15-16H,14H2,(H,17,18). The van der Waals surface area contributed by atoms with E-state index in [1.165, 1.54) is 42.5 Å². The van der Waals surface area contributed by atoms with E-state index in [-0.39, 0.29) is 16.3 Å². The minimum atomic E-state index is -3.79. The summed E-state index contributed by atoms with van der Waals surface area (Å²) < 4.78 is 26.7. The molecule has 110 valence electrons. The lowest BCUT2D eigenvalue weighted by atomic mass is 10.3. The average Bonchev–Trinajstić information content (AvgIpc) is 2.37. The van der Waals surface area contributed by atoms with Crippen LogP contribution in [-0.2, 0) is 10.0 Å². The number of amides is 1. The molecule has 2 aromatic carbocycles. The van der Waals surface area contributed by atoms with Crippen LogP contribution in [0.4, 0.5) is 21.9 Å². The van der Waals surface area contributed by atoms with Gasteiger partial charge in [0, 0.05) is 11.4 Å². The molecule has 0 heterocycles. The minimum absolute atomic E-state index is 0.0269. The van der Waals surface area contributed by atoms with Crippen molar-refractivity contribution in [2.24, 2.45) is 0 Å². The molecule has 0 unspecified atom stereocenters. The van der Waals surface area contributed by atoms with E-state index in [1.54, 1.807) is 6.07 Å². The molecule has 0 saturated carbocycles. The summed E-state index contributed by atoms with van der Waals surface area (Å²) in [6.07, 6.45) is -1.23. The van der Waals surface area contributed by atoms with Crippen LogP contribution >= 0.6 is 0 Å². The molecule has 0 fully saturated rings. The summed E-state index contributed by atoms with van der Waals surface area (Å²) in [5.74, 6) is 0. The molecule has 0 aliphatic rings. The highest BCUT2D eigenvalue weighted by atomic mass is 32.2. The van der Waals surface area contributed by atoms with Gasteiger partial charge in [-0.2, -0.15) is 0 Å². The zero-order valence-electron chi connectivity index (χ0n) is 10.8. The molecule has 0 radical (unpaired) electrons. The Bertz CT molecular complexity index is 774. The summed E-state index contributed by atoms with van der Waals surface area (Å²) in [4.78, 5) is 10.6. The number of rotatable bonds is 4. The van der Waals surface area contributed by atoms with Gasteiger partial charge in [0.15, 0.2) is 0 Å². The highest BCUT2D eigenvalue weighted by molar-refractivity contribution is 7.92. The highest BCUT2D eigenvalue weighted by Crippen LogP contribution is 2.20. The van der Waals surface area contributed by atoms with Gasteiger partial charge in [-0.05, 0) is 36.4 Å². The molecule has 2 aromatic rings. The van der Waals surface area contributed by atoms with Gasteiger partial charge in [0.1, 0.15) is 0 Å². The number of benzene rings is 2. The van der Waals surface area contributed by atoms with Crippen molar-refractivity contribution in [1.29, 1.82) is 0 Å². The van der Waals surface area contributed by atoms with Gasteiger partial charge in [0.05, 0.1) is 10.6 Å². The maximum Gasteiger partial charge on any atom is 0.409 e. The first-order chi connectivity index (χ1) is 9.87. The predicted molar refractivity (Wildman–Crippen MR) is 79.8 cm³/mol. The lowest BCUT2D eigenvalue weighted by Gasteiger charge is -2.10. The monoisotopic (exact) mass is 307 g/mol. The Labute approximate surface area is 121 Å². The number of hydrogen-bond donors (Lipinski definition) is 4. The van der Waals surface area contributed by atoms with E-state index < -0.39 is 16.1 Å². The molecule has 21 heavy (non-hydrogen) atoms. The summed E-state index contributed by atoms with van der Waals surface area (Å²) >= 11 is 0. The van der Waals surface area contributed by atoms with Gasteiger partial charge < -0.3 is 10.8 Å². The van der Waals surface area contributed by atoms with Crippen LogP contribution in [0.1, 0.15) is 0 Å². The van der Waals surface area contributed by atoms with E-state index in [9.17, 15) is 13.2 Å². The van der Waals surface area contributed by atoms with Crippen LogP contribution in [0, 0.1) is 0 Å². The van der Waals surface area contributed by atoms with Crippen molar-refractivity contribution in [3.05, 3.63) is 48.5 Å². The van der Waals surface area contributed by atoms with E-state index >= 15 is 0 Å². The first-order valence-electron chi connectivity index (χ1n) is 5.85. The second kappa shape index (κ2) is 5.71. The van der Waals surface area contributed by atoms with Crippen LogP contribution in [0.3, 0.4) is 0 Å². The molecule has 5 N–H and O–H groups in total. The molecule has 0 bridgehead atoms. The van der Waals surface area contributed by atoms with Crippen molar-refractivity contribution in [3.63, 3.8) is 0 Å². The van der Waals surface area contributed by atoms with Crippen molar-refractivity contribution in [1.82, 2.24) is 0 Å². The van der Waals surface area contributed by atoms with E-state index in [1.807, 2.05) is 0 Å². The topological polar surface area (TPSA) is 122 Å². The fourth-order valence-electron chi connectivity index (χ4n) is 1.68. The largest absolute Gasteiger partial charge is 0.465 e. The minimum Gasteiger partial charge on any atom is -0.465 e. The van der Waals surface area contributed by atoms with Crippen LogP contribution in [0.15, 0.2) is 53.4 Å². The van der Waals surface area contributed by atoms with Gasteiger partial charge in [-0.1, -0.05) is 12.1 Å². The number of carboxylic acid groups (broad SMARTS) is 1. The zero-order valence-corrected chi connectivity index (χ0v) is 11.6. The van der Waals surface area contributed by atoms with E-state index in [0.717, 1.165) is 0 Å². The molecule has 0 aromatic heterocycles. The quantitative estimate of drug-likeness (QED) is 0.645. The Morgan fingerprint density at radius 1 is 1.05 bits per heavy atom. The molecule has 0 atom stereocenters. The Morgan fingerprint density at radius 3 is 2.38 bits per heavy atom. The van der Waals surface area contributed by atoms with Crippen LogP contribution in [0.5, 0.6) is 0 Å². The molecule has 7 nitrogen and oxygen atoms in total. The molecular weight excluding hydrogens is 294 g/mol. The smallest absolute Gasteiger partial charge is 0.409 e. The first-order valence-corrected chi connectivity index (χ1v) is 7.33. The summed E-state index contributed by atoms with van der Waals surface area (Å²) in [7, 11) is -3.79. The van der Waals surface area contributed by atoms with Crippen molar-refractivity contribution >= 4 is 33.2 Å². The number of carbonyl (C=O) groups is 1. The molecule has 1 amide bonds. The van der Waals surface area contributed by atoms with Gasteiger partial charge in [0.25, 0.3) is 10.0 Å². The molecule has 0 saturated heterocycles. The molecule has 2 rings (SSSR count). The van der Waals surface area contributed by atoms with Crippen molar-refractivity contribution in [2.75, 3.05) is 15.8 Å². The van der Waals surface area contributed by atoms with Gasteiger partial charge >= 0.3 is 6.09 Å². The Kier molecular flexibility index (Phi) is 3.99. The van der Waals surface area contributed by atoms with Crippen LogP contribution in [0.2, 0.25) is 0 Å². The average molecular weight is 307 g/mol. The van der Waals surface area contributed by atoms with Crippen LogP contribution in [0.25, 0.3) is 0 Å². The number of sulfonamides is 1. The third kappa shape index (κ3) is 3.86. The second-order valence-electron chi connectivity index (χ2n) is 4.19. The second-order valence-corrected chi connectivity index (χ2v) is 5.87. The first kappa shape index (κ1) is 14.7. The van der Waals surface area contributed by atoms with E-state index in [0.29, 0.717) is 5.69 Å². The lowest BCUT2D eigenvalue weighted by Crippen LogP contribution is -2.13. The number of hydrogen-bond acceptors (Lipinski definition) is 4. The Hall–Kier alpha value is -2.74. The third-order valence-electron chi connectivity index (χ3n) is 2.53. The maximum atomic E-state index is 12.2. The fraction of sp³-hybridized carbons (Fsp3) is 0. The zero-order chi connectivity index (χ0) is 15.5. The van der Waals surface area contributed by atoms with E-state index in [2.05, 4.69) is 10.0 Å². The fourth-order valence-corrected chi connectivity index (χ4v) is 2.78. The summed E-state index contributed by atoms with van der Waals surface area (Å²) in [5, 5.41) is 10.8. The number of nitrogens with one attached hydrogen (secondary N) is 2. The SMILES string of the molecule is Nc1cccc(S(=O)(=O)Nc2cccc(NC(=O)O)c2)c1. The van der Waals surface area contributed by atoms with Crippen LogP contribution in [-0.4, -0.2) is 19.6 Å². The molecule has 8 heteroatoms. The van der Waals surface area contributed by atoms with Gasteiger partial charge in [0.2, 0.25) is 0 Å². The van der Waals surface area contributed by atoms with E-state index in [4.69, 9.17) is 10.8 Å². The van der Waals surface area contributed by atoms with Gasteiger partial charge in [-0.25, -0.2) is 13.2 Å². The van der Waals surface area contributed by atoms with Crippen molar-refractivity contribution < 1.29 is 18.3 Å². The lowest BCUT2D eigenvalue weighted by molar-refractivity contribution is 0.210. The molecule has 0 aliphatic carbocycles. The van der Waals surface area contributed by atoms with Crippen molar-refractivity contribution in [2.45, 2.75) is 4.90 Å². The van der Waals surface area contributed by atoms with Crippen molar-refractivity contribution in [3.8, 4) is 0 Å². The molecule has 0 aliphatic heterocycles. The Morgan fingerprint density at radius 2 is 1.71 bits per heavy atom. The maximum absolute atomic E-state index is 12.2. The summed E-state index contributed by atoms with van der Waals surface area (Å²) in [5.41, 5.74) is 6.39. The predicted octanol–water partition coefficient (Wildman–Crippen LogP) is 2.16. The third-order valence-corrected chi connectivity index (χ3v) is 3.91. The number of nitrogen functional groups attached to an aromatic ring is 1. The molecule has 0 spiro atoms. The van der Waals surface area contributed by atoms with Crippen LogP contribution < -0.4 is 15.8 Å². The number of anilines is 3.